The summed E-state index contributed by atoms with van der Waals surface area (Å²) in [5.41, 5.74) is 0.702. The number of nitrogens with zero attached hydrogens (tertiary/aromatic N) is 1. The highest BCUT2D eigenvalue weighted by Gasteiger charge is 2.25. The van der Waals surface area contributed by atoms with Gasteiger partial charge in [0.2, 0.25) is 0 Å². The van der Waals surface area contributed by atoms with Crippen molar-refractivity contribution < 1.29 is 14.7 Å². The van der Waals surface area contributed by atoms with E-state index in [0.717, 1.165) is 25.7 Å². The summed E-state index contributed by atoms with van der Waals surface area (Å²) in [5, 5.41) is 8.89. The van der Waals surface area contributed by atoms with E-state index in [1.54, 1.807) is 13.2 Å². The van der Waals surface area contributed by atoms with Gasteiger partial charge in [-0.25, -0.2) is 4.79 Å². The van der Waals surface area contributed by atoms with Crippen LogP contribution >= 0.6 is 0 Å². The fourth-order valence-corrected chi connectivity index (χ4v) is 2.34. The zero-order chi connectivity index (χ0) is 11.7. The molecule has 16 heavy (non-hydrogen) atoms. The summed E-state index contributed by atoms with van der Waals surface area (Å²) in [5.74, 6) is -0.794. The van der Waals surface area contributed by atoms with Crippen molar-refractivity contribution in [3.05, 3.63) is 23.5 Å². The van der Waals surface area contributed by atoms with E-state index in [2.05, 4.69) is 0 Å². The quantitative estimate of drug-likeness (QED) is 0.795. The minimum atomic E-state index is -0.993. The van der Waals surface area contributed by atoms with Crippen molar-refractivity contribution in [3.63, 3.8) is 0 Å². The standard InChI is InChI=1S/C12H15NO3/c1-13-7-9(6-10(13)12(15)16)11(14)8-4-2-3-5-8/h6-8H,2-5H2,1H3,(H,15,16). The summed E-state index contributed by atoms with van der Waals surface area (Å²) in [6.45, 7) is 0. The Hall–Kier alpha value is -1.58. The minimum absolute atomic E-state index is 0.0978. The fraction of sp³-hybridized carbons (Fsp3) is 0.500. The number of hydrogen-bond acceptors (Lipinski definition) is 2. The van der Waals surface area contributed by atoms with Crippen molar-refractivity contribution >= 4 is 11.8 Å². The van der Waals surface area contributed by atoms with Crippen LogP contribution < -0.4 is 0 Å². The molecule has 4 heteroatoms. The molecule has 0 amide bonds. The minimum Gasteiger partial charge on any atom is -0.477 e. The van der Waals surface area contributed by atoms with Gasteiger partial charge < -0.3 is 9.67 Å². The van der Waals surface area contributed by atoms with Crippen molar-refractivity contribution in [1.82, 2.24) is 4.57 Å². The summed E-state index contributed by atoms with van der Waals surface area (Å²) in [6.07, 6.45) is 5.71. The van der Waals surface area contributed by atoms with Crippen LogP contribution in [0.1, 0.15) is 46.5 Å². The van der Waals surface area contributed by atoms with Crippen molar-refractivity contribution in [2.75, 3.05) is 0 Å². The third-order valence-corrected chi connectivity index (χ3v) is 3.23. The van der Waals surface area contributed by atoms with Crippen LogP contribution in [0.3, 0.4) is 0 Å². The average Bonchev–Trinajstić information content (AvgIpc) is 2.84. The van der Waals surface area contributed by atoms with Crippen LogP contribution in [0.25, 0.3) is 0 Å². The Labute approximate surface area is 93.9 Å². The molecule has 4 nitrogen and oxygen atoms in total. The van der Waals surface area contributed by atoms with E-state index in [0.29, 0.717) is 5.56 Å². The Balaban J connectivity index is 2.23. The van der Waals surface area contributed by atoms with E-state index in [9.17, 15) is 9.59 Å². The first-order valence-electron chi connectivity index (χ1n) is 5.53. The molecule has 1 saturated carbocycles. The number of ketones is 1. The normalized spacial score (nSPS) is 16.6. The molecular formula is C12H15NO3. The molecule has 0 aromatic carbocycles. The van der Waals surface area contributed by atoms with E-state index in [4.69, 9.17) is 5.11 Å². The molecule has 86 valence electrons. The van der Waals surface area contributed by atoms with Gasteiger partial charge in [0.25, 0.3) is 0 Å². The first kappa shape index (κ1) is 10.9. The first-order chi connectivity index (χ1) is 7.59. The highest BCUT2D eigenvalue weighted by atomic mass is 16.4. The second kappa shape index (κ2) is 4.12. The Morgan fingerprint density at radius 1 is 1.38 bits per heavy atom. The first-order valence-corrected chi connectivity index (χ1v) is 5.53. The maximum atomic E-state index is 12.0. The van der Waals surface area contributed by atoms with Gasteiger partial charge in [-0.2, -0.15) is 0 Å². The molecule has 0 radical (unpaired) electrons. The molecule has 1 heterocycles. The van der Waals surface area contributed by atoms with Crippen molar-refractivity contribution in [2.45, 2.75) is 25.7 Å². The van der Waals surface area contributed by atoms with Gasteiger partial charge in [-0.1, -0.05) is 12.8 Å². The molecule has 1 aromatic rings. The molecule has 0 spiro atoms. The lowest BCUT2D eigenvalue weighted by Gasteiger charge is -2.04. The van der Waals surface area contributed by atoms with Crippen LogP contribution in [0.15, 0.2) is 12.3 Å². The molecule has 0 atom stereocenters. The number of aromatic nitrogens is 1. The van der Waals surface area contributed by atoms with Gasteiger partial charge in [0.05, 0.1) is 0 Å². The zero-order valence-electron chi connectivity index (χ0n) is 9.27. The number of aryl methyl sites for hydroxylation is 1. The van der Waals surface area contributed by atoms with Crippen LogP contribution in [-0.4, -0.2) is 21.4 Å². The Bertz CT molecular complexity index is 427. The van der Waals surface area contributed by atoms with Gasteiger partial charge in [-0.3, -0.25) is 4.79 Å². The number of rotatable bonds is 3. The van der Waals surface area contributed by atoms with Gasteiger partial charge in [0, 0.05) is 24.7 Å². The third-order valence-electron chi connectivity index (χ3n) is 3.23. The third kappa shape index (κ3) is 1.87. The van der Waals surface area contributed by atoms with Crippen LogP contribution in [0.5, 0.6) is 0 Å². The number of carboxylic acids is 1. The van der Waals surface area contributed by atoms with E-state index < -0.39 is 5.97 Å². The SMILES string of the molecule is Cn1cc(C(=O)C2CCCC2)cc1C(=O)O. The molecule has 1 fully saturated rings. The average molecular weight is 221 g/mol. The molecule has 1 aliphatic carbocycles. The molecule has 0 bridgehead atoms. The van der Waals surface area contributed by atoms with Gasteiger partial charge in [-0.05, 0) is 18.9 Å². The predicted octanol–water partition coefficient (Wildman–Crippen LogP) is 2.10. The topological polar surface area (TPSA) is 59.3 Å². The fourth-order valence-electron chi connectivity index (χ4n) is 2.34. The van der Waals surface area contributed by atoms with Gasteiger partial charge in [-0.15, -0.1) is 0 Å². The lowest BCUT2D eigenvalue weighted by Crippen LogP contribution is -2.09. The summed E-state index contributed by atoms with van der Waals surface area (Å²) < 4.78 is 1.49. The number of carbonyl (C=O) groups is 2. The summed E-state index contributed by atoms with van der Waals surface area (Å²) in [6, 6.07) is 1.48. The van der Waals surface area contributed by atoms with E-state index in [-0.39, 0.29) is 17.4 Å². The molecule has 0 unspecified atom stereocenters. The maximum Gasteiger partial charge on any atom is 0.352 e. The summed E-state index contributed by atoms with van der Waals surface area (Å²) >= 11 is 0. The molecule has 0 saturated heterocycles. The largest absolute Gasteiger partial charge is 0.477 e. The lowest BCUT2D eigenvalue weighted by molar-refractivity contribution is 0.0686. The smallest absolute Gasteiger partial charge is 0.352 e. The van der Waals surface area contributed by atoms with Gasteiger partial charge in [0.15, 0.2) is 5.78 Å². The van der Waals surface area contributed by atoms with E-state index >= 15 is 0 Å². The van der Waals surface area contributed by atoms with Crippen molar-refractivity contribution in [3.8, 4) is 0 Å². The van der Waals surface area contributed by atoms with E-state index in [1.807, 2.05) is 0 Å². The summed E-state index contributed by atoms with van der Waals surface area (Å²) in [7, 11) is 1.65. The van der Waals surface area contributed by atoms with Crippen molar-refractivity contribution in [2.24, 2.45) is 13.0 Å². The molecule has 1 aliphatic rings. The van der Waals surface area contributed by atoms with Crippen LogP contribution in [-0.2, 0) is 7.05 Å². The number of aromatic carboxylic acids is 1. The molecule has 0 aliphatic heterocycles. The number of hydrogen-bond donors (Lipinski definition) is 1. The Morgan fingerprint density at radius 3 is 2.50 bits per heavy atom. The highest BCUT2D eigenvalue weighted by Crippen LogP contribution is 2.28. The van der Waals surface area contributed by atoms with Crippen LogP contribution in [0.4, 0.5) is 0 Å². The molecule has 1 N–H and O–H groups in total. The van der Waals surface area contributed by atoms with Gasteiger partial charge >= 0.3 is 5.97 Å². The molecular weight excluding hydrogens is 206 g/mol. The summed E-state index contributed by atoms with van der Waals surface area (Å²) in [4.78, 5) is 22.9. The second-order valence-corrected chi connectivity index (χ2v) is 4.38. The van der Waals surface area contributed by atoms with E-state index in [1.165, 1.54) is 10.6 Å². The Kier molecular flexibility index (Phi) is 2.81. The van der Waals surface area contributed by atoms with Crippen LogP contribution in [0, 0.1) is 5.92 Å². The second-order valence-electron chi connectivity index (χ2n) is 4.38. The number of Topliss-reactive ketones (excluding diaryl/α,β-unsaturated/α-hetero) is 1. The number of carbonyl (C=O) groups excluding carboxylic acids is 1. The van der Waals surface area contributed by atoms with Gasteiger partial charge in [0.1, 0.15) is 5.69 Å². The number of carboxylic acid groups (broad SMARTS) is 1. The lowest BCUT2D eigenvalue weighted by atomic mass is 9.98. The molecule has 2 rings (SSSR count). The highest BCUT2D eigenvalue weighted by molar-refractivity contribution is 6.00. The zero-order valence-corrected chi connectivity index (χ0v) is 9.27. The van der Waals surface area contributed by atoms with Crippen LogP contribution in [0.2, 0.25) is 0 Å². The monoisotopic (exact) mass is 221 g/mol. The maximum absolute atomic E-state index is 12.0. The van der Waals surface area contributed by atoms with Crippen molar-refractivity contribution in [1.29, 1.82) is 0 Å². The molecule has 1 aromatic heterocycles. The Morgan fingerprint density at radius 2 is 2.00 bits per heavy atom. The predicted molar refractivity (Wildman–Crippen MR) is 58.7 cm³/mol.